The molecule has 0 saturated carbocycles. The molecule has 0 amide bonds. The van der Waals surface area contributed by atoms with Gasteiger partial charge in [-0.15, -0.1) is 12.6 Å². The molecule has 0 aliphatic heterocycles. The van der Waals surface area contributed by atoms with Gasteiger partial charge in [-0.2, -0.15) is 0 Å². The van der Waals surface area contributed by atoms with Gasteiger partial charge in [-0.05, 0) is 6.42 Å². The number of thiol groups is 1. The average Bonchev–Trinajstić information content (AvgIpc) is 1.98. The highest BCUT2D eigenvalue weighted by atomic mass is 32.1. The topological polar surface area (TPSA) is 9.23 Å². The average molecular weight is 160 g/mol. The van der Waals surface area contributed by atoms with E-state index in [1.54, 1.807) is 6.08 Å². The van der Waals surface area contributed by atoms with Gasteiger partial charge >= 0.3 is 0 Å². The molecule has 0 rings (SSSR count). The monoisotopic (exact) mass is 160 g/mol. The molecule has 0 aromatic carbocycles. The Morgan fingerprint density at radius 1 is 1.60 bits per heavy atom. The molecule has 10 heavy (non-hydrogen) atoms. The van der Waals surface area contributed by atoms with Crippen LogP contribution in [0.25, 0.3) is 0 Å². The Labute approximate surface area is 68.9 Å². The summed E-state index contributed by atoms with van der Waals surface area (Å²) in [6.45, 7) is 6.53. The summed E-state index contributed by atoms with van der Waals surface area (Å²) < 4.78 is 5.24. The third kappa shape index (κ3) is 6.17. The fourth-order valence-electron chi connectivity index (χ4n) is 0.624. The molecule has 0 aliphatic carbocycles. The predicted octanol–water partition coefficient (Wildman–Crippen LogP) is 2.64. The molecule has 1 atom stereocenters. The van der Waals surface area contributed by atoms with Crippen LogP contribution in [0.3, 0.4) is 0 Å². The second-order valence-corrected chi connectivity index (χ2v) is 2.71. The van der Waals surface area contributed by atoms with E-state index < -0.39 is 0 Å². The zero-order valence-electron chi connectivity index (χ0n) is 6.55. The smallest absolute Gasteiger partial charge is 0.118 e. The van der Waals surface area contributed by atoms with Crippen LogP contribution < -0.4 is 0 Å². The van der Waals surface area contributed by atoms with E-state index in [4.69, 9.17) is 4.74 Å². The van der Waals surface area contributed by atoms with Crippen LogP contribution in [0.15, 0.2) is 12.7 Å². The lowest BCUT2D eigenvalue weighted by Gasteiger charge is -2.05. The summed E-state index contributed by atoms with van der Waals surface area (Å²) in [6, 6.07) is 0. The van der Waals surface area contributed by atoms with Gasteiger partial charge in [0.2, 0.25) is 0 Å². The molecule has 0 saturated heterocycles. The van der Waals surface area contributed by atoms with Crippen LogP contribution in [0.4, 0.5) is 0 Å². The first-order valence-electron chi connectivity index (χ1n) is 3.73. The quantitative estimate of drug-likeness (QED) is 0.272. The SMILES string of the molecule is C=CC(S)OCCCCC. The van der Waals surface area contributed by atoms with Gasteiger partial charge in [0, 0.05) is 6.61 Å². The molecule has 0 radical (unpaired) electrons. The molecular formula is C8H16OS. The lowest BCUT2D eigenvalue weighted by Crippen LogP contribution is -2.02. The summed E-state index contributed by atoms with van der Waals surface area (Å²) in [6.07, 6.45) is 5.28. The molecule has 1 nitrogen and oxygen atoms in total. The van der Waals surface area contributed by atoms with E-state index in [1.807, 2.05) is 0 Å². The van der Waals surface area contributed by atoms with Crippen LogP contribution in [0, 0.1) is 0 Å². The molecule has 0 heterocycles. The van der Waals surface area contributed by atoms with Crippen LogP contribution in [0.1, 0.15) is 26.2 Å². The van der Waals surface area contributed by atoms with Crippen LogP contribution in [0.5, 0.6) is 0 Å². The predicted molar refractivity (Wildman–Crippen MR) is 48.4 cm³/mol. The Bertz CT molecular complexity index is 83.3. The minimum Gasteiger partial charge on any atom is -0.364 e. The maximum absolute atomic E-state index is 5.24. The summed E-state index contributed by atoms with van der Waals surface area (Å²) in [7, 11) is 0. The van der Waals surface area contributed by atoms with Crippen molar-refractivity contribution in [2.45, 2.75) is 31.6 Å². The van der Waals surface area contributed by atoms with Crippen molar-refractivity contribution in [1.29, 1.82) is 0 Å². The van der Waals surface area contributed by atoms with E-state index in [0.29, 0.717) is 0 Å². The lowest BCUT2D eigenvalue weighted by molar-refractivity contribution is 0.137. The standard InChI is InChI=1S/C8H16OS/c1-3-5-6-7-9-8(10)4-2/h4,8,10H,2-3,5-7H2,1H3. The van der Waals surface area contributed by atoms with Crippen LogP contribution >= 0.6 is 12.6 Å². The molecule has 0 aromatic rings. The highest BCUT2D eigenvalue weighted by Gasteiger charge is 1.93. The highest BCUT2D eigenvalue weighted by molar-refractivity contribution is 7.80. The fraction of sp³-hybridized carbons (Fsp3) is 0.750. The minimum absolute atomic E-state index is 0.0862. The molecule has 0 aromatic heterocycles. The fourth-order valence-corrected chi connectivity index (χ4v) is 0.730. The van der Waals surface area contributed by atoms with Crippen molar-refractivity contribution in [2.24, 2.45) is 0 Å². The van der Waals surface area contributed by atoms with Crippen molar-refractivity contribution in [2.75, 3.05) is 6.61 Å². The van der Waals surface area contributed by atoms with Gasteiger partial charge in [-0.1, -0.05) is 32.4 Å². The Morgan fingerprint density at radius 2 is 2.30 bits per heavy atom. The Hall–Kier alpha value is 0.0500. The minimum atomic E-state index is -0.0862. The molecule has 0 aliphatic rings. The molecule has 0 fully saturated rings. The van der Waals surface area contributed by atoms with E-state index >= 15 is 0 Å². The maximum atomic E-state index is 5.24. The van der Waals surface area contributed by atoms with E-state index in [9.17, 15) is 0 Å². The van der Waals surface area contributed by atoms with Crippen molar-refractivity contribution >= 4 is 12.6 Å². The second-order valence-electron chi connectivity index (χ2n) is 2.20. The molecule has 0 spiro atoms. The van der Waals surface area contributed by atoms with Crippen molar-refractivity contribution in [1.82, 2.24) is 0 Å². The van der Waals surface area contributed by atoms with Crippen molar-refractivity contribution < 1.29 is 4.74 Å². The van der Waals surface area contributed by atoms with Gasteiger partial charge < -0.3 is 4.74 Å². The summed E-state index contributed by atoms with van der Waals surface area (Å²) in [4.78, 5) is 0. The zero-order valence-corrected chi connectivity index (χ0v) is 7.44. The van der Waals surface area contributed by atoms with E-state index in [1.165, 1.54) is 12.8 Å². The molecular weight excluding hydrogens is 144 g/mol. The molecule has 2 heteroatoms. The van der Waals surface area contributed by atoms with Crippen LogP contribution in [0.2, 0.25) is 0 Å². The third-order valence-electron chi connectivity index (χ3n) is 1.24. The summed E-state index contributed by atoms with van der Waals surface area (Å²) in [5, 5.41) is 0. The van der Waals surface area contributed by atoms with Gasteiger partial charge in [0.1, 0.15) is 5.44 Å². The van der Waals surface area contributed by atoms with Crippen molar-refractivity contribution in [3.05, 3.63) is 12.7 Å². The largest absolute Gasteiger partial charge is 0.364 e. The van der Waals surface area contributed by atoms with Gasteiger partial charge in [0.15, 0.2) is 0 Å². The Kier molecular flexibility index (Phi) is 7.20. The zero-order chi connectivity index (χ0) is 7.82. The number of hydrogen-bond acceptors (Lipinski definition) is 2. The van der Waals surface area contributed by atoms with Crippen molar-refractivity contribution in [3.63, 3.8) is 0 Å². The number of ether oxygens (including phenoxy) is 1. The summed E-state index contributed by atoms with van der Waals surface area (Å²) >= 11 is 4.09. The first kappa shape index (κ1) is 10.0. The number of hydrogen-bond donors (Lipinski definition) is 1. The Morgan fingerprint density at radius 3 is 2.80 bits per heavy atom. The lowest BCUT2D eigenvalue weighted by atomic mass is 10.3. The summed E-state index contributed by atoms with van der Waals surface area (Å²) in [5.74, 6) is 0. The second kappa shape index (κ2) is 7.16. The first-order valence-corrected chi connectivity index (χ1v) is 4.25. The number of rotatable bonds is 6. The Balaban J connectivity index is 2.95. The van der Waals surface area contributed by atoms with E-state index in [2.05, 4.69) is 26.1 Å². The van der Waals surface area contributed by atoms with Gasteiger partial charge in [-0.25, -0.2) is 0 Å². The third-order valence-corrected chi connectivity index (χ3v) is 1.60. The number of unbranched alkanes of at least 4 members (excludes halogenated alkanes) is 2. The highest BCUT2D eigenvalue weighted by Crippen LogP contribution is 2.01. The molecule has 0 N–H and O–H groups in total. The van der Waals surface area contributed by atoms with Crippen molar-refractivity contribution in [3.8, 4) is 0 Å². The normalized spacial score (nSPS) is 13.0. The van der Waals surface area contributed by atoms with Crippen LogP contribution in [-0.2, 0) is 4.74 Å². The van der Waals surface area contributed by atoms with Gasteiger partial charge in [-0.3, -0.25) is 0 Å². The molecule has 1 unspecified atom stereocenters. The first-order chi connectivity index (χ1) is 4.81. The van der Waals surface area contributed by atoms with E-state index in [0.717, 1.165) is 13.0 Å². The summed E-state index contributed by atoms with van der Waals surface area (Å²) in [5.41, 5.74) is -0.0862. The van der Waals surface area contributed by atoms with Crippen LogP contribution in [-0.4, -0.2) is 12.0 Å². The maximum Gasteiger partial charge on any atom is 0.118 e. The van der Waals surface area contributed by atoms with E-state index in [-0.39, 0.29) is 5.44 Å². The molecule has 0 bridgehead atoms. The molecule has 60 valence electrons. The van der Waals surface area contributed by atoms with Gasteiger partial charge in [0.25, 0.3) is 0 Å². The van der Waals surface area contributed by atoms with Gasteiger partial charge in [0.05, 0.1) is 0 Å².